The van der Waals surface area contributed by atoms with Gasteiger partial charge in [-0.15, -0.1) is 0 Å². The van der Waals surface area contributed by atoms with Gasteiger partial charge in [0.05, 0.1) is 31.3 Å². The number of anilines is 2. The van der Waals surface area contributed by atoms with Gasteiger partial charge in [0.1, 0.15) is 11.6 Å². The van der Waals surface area contributed by atoms with Crippen molar-refractivity contribution in [1.82, 2.24) is 14.9 Å². The molecule has 0 amide bonds. The van der Waals surface area contributed by atoms with Crippen molar-refractivity contribution < 1.29 is 22.6 Å². The number of piperidine rings is 1. The van der Waals surface area contributed by atoms with Crippen LogP contribution in [0.4, 0.5) is 24.7 Å². The van der Waals surface area contributed by atoms with Crippen molar-refractivity contribution >= 4 is 22.4 Å². The molecule has 1 saturated heterocycles. The van der Waals surface area contributed by atoms with Crippen LogP contribution in [0.1, 0.15) is 87.7 Å². The summed E-state index contributed by atoms with van der Waals surface area (Å²) in [6.45, 7) is 5.52. The maximum atomic E-state index is 13.4. The number of likely N-dealkylation sites (tertiary alicyclic amines) is 1. The van der Waals surface area contributed by atoms with E-state index in [1.54, 1.807) is 39.3 Å². The Kier molecular flexibility index (Phi) is 11.1. The van der Waals surface area contributed by atoms with Crippen molar-refractivity contribution in [3.05, 3.63) is 47.3 Å². The van der Waals surface area contributed by atoms with Gasteiger partial charge in [-0.2, -0.15) is 13.2 Å². The Hall–Kier alpha value is -3.27. The third-order valence-electron chi connectivity index (χ3n) is 7.98. The van der Waals surface area contributed by atoms with Crippen LogP contribution in [-0.4, -0.2) is 48.7 Å². The molecule has 0 bridgehead atoms. The molecule has 3 N–H and O–H groups in total. The maximum absolute atomic E-state index is 13.4. The Labute approximate surface area is 247 Å². The molecule has 7 nitrogen and oxygen atoms in total. The first-order chi connectivity index (χ1) is 20.2. The normalized spacial score (nSPS) is 15.1. The van der Waals surface area contributed by atoms with E-state index in [9.17, 15) is 13.2 Å². The molecule has 1 atom stereocenters. The molecular formula is C32H44F3N5O2. The zero-order valence-corrected chi connectivity index (χ0v) is 25.0. The van der Waals surface area contributed by atoms with E-state index in [1.165, 1.54) is 64.6 Å². The Morgan fingerprint density at radius 1 is 0.881 bits per heavy atom. The first-order valence-electron chi connectivity index (χ1n) is 15.1. The number of nitrogen functional groups attached to an aromatic ring is 1. The van der Waals surface area contributed by atoms with Crippen LogP contribution >= 0.6 is 0 Å². The average Bonchev–Trinajstić information content (AvgIpc) is 2.97. The smallest absolute Gasteiger partial charge is 0.416 e. The molecule has 1 aliphatic heterocycles. The predicted molar refractivity (Wildman–Crippen MR) is 162 cm³/mol. The molecule has 230 valence electrons. The minimum absolute atomic E-state index is 0.0552. The fourth-order valence-corrected chi connectivity index (χ4v) is 5.61. The lowest BCUT2D eigenvalue weighted by Crippen LogP contribution is -2.30. The van der Waals surface area contributed by atoms with Crippen molar-refractivity contribution in [2.75, 3.05) is 44.9 Å². The zero-order valence-electron chi connectivity index (χ0n) is 25.0. The maximum Gasteiger partial charge on any atom is 0.416 e. The number of nitrogens with zero attached hydrogens (tertiary/aromatic N) is 3. The summed E-state index contributed by atoms with van der Waals surface area (Å²) in [7, 11) is 3.12. The van der Waals surface area contributed by atoms with Crippen LogP contribution in [0.3, 0.4) is 0 Å². The number of rotatable bonds is 14. The molecule has 0 aliphatic carbocycles. The fraction of sp³-hybridized carbons (Fsp3) is 0.562. The highest BCUT2D eigenvalue weighted by Crippen LogP contribution is 2.37. The summed E-state index contributed by atoms with van der Waals surface area (Å²) < 4.78 is 51.3. The zero-order chi connectivity index (χ0) is 30.1. The van der Waals surface area contributed by atoms with Gasteiger partial charge >= 0.3 is 6.18 Å². The SMILES string of the molecule is COc1cc2nc(CCCCCCCCN3CCCCC3)nc(NC(C)c3cc(N)cc(C(F)(F)F)c3)c2cc1OC. The van der Waals surface area contributed by atoms with E-state index < -0.39 is 17.8 Å². The summed E-state index contributed by atoms with van der Waals surface area (Å²) in [5, 5.41) is 4.01. The number of nitrogens with two attached hydrogens (primary N) is 1. The van der Waals surface area contributed by atoms with E-state index >= 15 is 0 Å². The van der Waals surface area contributed by atoms with E-state index in [4.69, 9.17) is 25.2 Å². The first-order valence-corrected chi connectivity index (χ1v) is 15.1. The van der Waals surface area contributed by atoms with Gasteiger partial charge in [-0.1, -0.05) is 32.1 Å². The van der Waals surface area contributed by atoms with E-state index in [2.05, 4.69) is 10.2 Å². The highest BCUT2D eigenvalue weighted by atomic mass is 19.4. The Balaban J connectivity index is 1.44. The van der Waals surface area contributed by atoms with Crippen molar-refractivity contribution in [2.24, 2.45) is 0 Å². The van der Waals surface area contributed by atoms with Crippen LogP contribution in [0.2, 0.25) is 0 Å². The predicted octanol–water partition coefficient (Wildman–Crippen LogP) is 7.79. The highest BCUT2D eigenvalue weighted by molar-refractivity contribution is 5.92. The molecule has 2 aromatic carbocycles. The van der Waals surface area contributed by atoms with Crippen LogP contribution < -0.4 is 20.5 Å². The summed E-state index contributed by atoms with van der Waals surface area (Å²) >= 11 is 0. The number of hydrogen-bond donors (Lipinski definition) is 2. The minimum Gasteiger partial charge on any atom is -0.493 e. The molecule has 0 saturated carbocycles. The largest absolute Gasteiger partial charge is 0.493 e. The molecule has 1 aliphatic rings. The number of alkyl halides is 3. The van der Waals surface area contributed by atoms with Crippen LogP contribution in [-0.2, 0) is 12.6 Å². The third kappa shape index (κ3) is 8.63. The number of methoxy groups -OCH3 is 2. The van der Waals surface area contributed by atoms with Gasteiger partial charge in [0.25, 0.3) is 0 Å². The molecule has 1 unspecified atom stereocenters. The molecule has 3 aromatic rings. The number of halogens is 3. The number of aromatic nitrogens is 2. The second-order valence-corrected chi connectivity index (χ2v) is 11.2. The van der Waals surface area contributed by atoms with E-state index in [0.29, 0.717) is 46.0 Å². The van der Waals surface area contributed by atoms with Crippen molar-refractivity contribution in [3.63, 3.8) is 0 Å². The Bertz CT molecular complexity index is 1310. The van der Waals surface area contributed by atoms with E-state index in [1.807, 2.05) is 0 Å². The minimum atomic E-state index is -4.49. The van der Waals surface area contributed by atoms with Gasteiger partial charge in [-0.05, 0) is 82.1 Å². The van der Waals surface area contributed by atoms with Gasteiger partial charge in [-0.25, -0.2) is 9.97 Å². The molecule has 10 heteroatoms. The molecule has 4 rings (SSSR count). The standard InChI is InChI=1S/C32H44F3N5O2/c1-22(23-17-24(32(33,34)35)19-25(36)18-23)37-31-26-20-28(41-2)29(42-3)21-27(26)38-30(39-31)13-9-6-4-5-7-10-14-40-15-11-8-12-16-40/h17-22H,4-16,36H2,1-3H3,(H,37,38,39). The van der Waals surface area contributed by atoms with Gasteiger partial charge in [0.2, 0.25) is 0 Å². The van der Waals surface area contributed by atoms with Crippen LogP contribution in [0, 0.1) is 0 Å². The van der Waals surface area contributed by atoms with Gasteiger partial charge < -0.3 is 25.4 Å². The quantitative estimate of drug-likeness (QED) is 0.147. The molecular weight excluding hydrogens is 543 g/mol. The van der Waals surface area contributed by atoms with E-state index in [-0.39, 0.29) is 5.69 Å². The van der Waals surface area contributed by atoms with Gasteiger partial charge in [-0.3, -0.25) is 0 Å². The number of aryl methyl sites for hydroxylation is 1. The molecule has 1 aromatic heterocycles. The number of benzene rings is 2. The summed E-state index contributed by atoms with van der Waals surface area (Å²) in [5.74, 6) is 2.26. The van der Waals surface area contributed by atoms with Gasteiger partial charge in [0.15, 0.2) is 11.5 Å². The fourth-order valence-electron chi connectivity index (χ4n) is 5.61. The van der Waals surface area contributed by atoms with Crippen LogP contribution in [0.25, 0.3) is 10.9 Å². The van der Waals surface area contributed by atoms with E-state index in [0.717, 1.165) is 25.0 Å². The lowest BCUT2D eigenvalue weighted by Gasteiger charge is -2.26. The number of ether oxygens (including phenoxy) is 2. The number of fused-ring (bicyclic) bond motifs is 1. The summed E-state index contributed by atoms with van der Waals surface area (Å²) in [5.41, 5.74) is 6.19. The Morgan fingerprint density at radius 2 is 1.55 bits per heavy atom. The second kappa shape index (κ2) is 14.8. The molecule has 42 heavy (non-hydrogen) atoms. The lowest BCUT2D eigenvalue weighted by molar-refractivity contribution is -0.137. The summed E-state index contributed by atoms with van der Waals surface area (Å²) in [6.07, 6.45) is 7.27. The van der Waals surface area contributed by atoms with Crippen molar-refractivity contribution in [2.45, 2.75) is 83.4 Å². The third-order valence-corrected chi connectivity index (χ3v) is 7.98. The summed E-state index contributed by atoms with van der Waals surface area (Å²) in [4.78, 5) is 12.2. The van der Waals surface area contributed by atoms with Crippen molar-refractivity contribution in [3.8, 4) is 11.5 Å². The highest BCUT2D eigenvalue weighted by Gasteiger charge is 2.31. The van der Waals surface area contributed by atoms with Gasteiger partial charge in [0, 0.05) is 23.6 Å². The average molecular weight is 588 g/mol. The van der Waals surface area contributed by atoms with Crippen LogP contribution in [0.15, 0.2) is 30.3 Å². The molecule has 0 spiro atoms. The van der Waals surface area contributed by atoms with Crippen molar-refractivity contribution in [1.29, 1.82) is 0 Å². The first kappa shape index (κ1) is 31.7. The molecule has 0 radical (unpaired) electrons. The number of unbranched alkanes of at least 4 members (excludes halogenated alkanes) is 5. The second-order valence-electron chi connectivity index (χ2n) is 11.2. The Morgan fingerprint density at radius 3 is 2.24 bits per heavy atom. The topological polar surface area (TPSA) is 85.5 Å². The molecule has 1 fully saturated rings. The summed E-state index contributed by atoms with van der Waals surface area (Å²) in [6, 6.07) is 6.71. The lowest BCUT2D eigenvalue weighted by atomic mass is 10.0. The number of nitrogens with one attached hydrogen (secondary N) is 1. The monoisotopic (exact) mass is 587 g/mol. The number of hydrogen-bond acceptors (Lipinski definition) is 7. The van der Waals surface area contributed by atoms with Crippen LogP contribution in [0.5, 0.6) is 11.5 Å². The molecule has 2 heterocycles.